The van der Waals surface area contributed by atoms with Crippen molar-refractivity contribution in [3.63, 3.8) is 0 Å². The normalized spacial score (nSPS) is 11.1. The first-order valence-corrected chi connectivity index (χ1v) is 11.3. The third kappa shape index (κ3) is 5.62. The van der Waals surface area contributed by atoms with Gasteiger partial charge in [-0.15, -0.1) is 0 Å². The number of ether oxygens (including phenoxy) is 1. The lowest BCUT2D eigenvalue weighted by molar-refractivity contribution is -0.116. The van der Waals surface area contributed by atoms with Gasteiger partial charge in [0.1, 0.15) is 0 Å². The van der Waals surface area contributed by atoms with Gasteiger partial charge in [0.2, 0.25) is 15.9 Å². The number of hydrogen-bond donors (Lipinski definition) is 1. The molecule has 1 amide bonds. The summed E-state index contributed by atoms with van der Waals surface area (Å²) in [4.78, 5) is 24.1. The SMILES string of the molecule is CCOC(=O)c1ccn(-c2ccc(NC(=O)CN(C)S(=O)(=O)c3ccc(C#N)cc3)cc2)n1. The van der Waals surface area contributed by atoms with Gasteiger partial charge in [0.15, 0.2) is 5.69 Å². The molecule has 0 aliphatic carbocycles. The minimum absolute atomic E-state index is 0.0115. The molecule has 3 rings (SSSR count). The molecule has 0 fully saturated rings. The van der Waals surface area contributed by atoms with Gasteiger partial charge in [0.05, 0.1) is 35.4 Å². The molecule has 0 unspecified atom stereocenters. The first-order valence-electron chi connectivity index (χ1n) is 9.84. The second kappa shape index (κ2) is 10.1. The predicted molar refractivity (Wildman–Crippen MR) is 119 cm³/mol. The van der Waals surface area contributed by atoms with E-state index in [1.807, 2.05) is 6.07 Å². The molecule has 11 heteroatoms. The Balaban J connectivity index is 1.62. The Hall–Kier alpha value is -4.01. The molecule has 1 N–H and O–H groups in total. The number of benzene rings is 2. The smallest absolute Gasteiger partial charge is 0.358 e. The van der Waals surface area contributed by atoms with Crippen molar-refractivity contribution in [3.05, 3.63) is 72.1 Å². The maximum absolute atomic E-state index is 12.6. The van der Waals surface area contributed by atoms with Crippen molar-refractivity contribution < 1.29 is 22.7 Å². The highest BCUT2D eigenvalue weighted by Gasteiger charge is 2.23. The Labute approximate surface area is 191 Å². The Bertz CT molecular complexity index is 1290. The molecule has 0 aliphatic rings. The van der Waals surface area contributed by atoms with Crippen LogP contribution >= 0.6 is 0 Å². The molecule has 170 valence electrons. The number of hydrogen-bond acceptors (Lipinski definition) is 7. The van der Waals surface area contributed by atoms with Crippen molar-refractivity contribution in [3.8, 4) is 11.8 Å². The van der Waals surface area contributed by atoms with Crippen LogP contribution in [0.3, 0.4) is 0 Å². The zero-order valence-corrected chi connectivity index (χ0v) is 18.7. The molecular weight excluding hydrogens is 446 g/mol. The van der Waals surface area contributed by atoms with E-state index in [0.717, 1.165) is 4.31 Å². The number of carbonyl (C=O) groups excluding carboxylic acids is 2. The van der Waals surface area contributed by atoms with Crippen LogP contribution in [0.25, 0.3) is 5.69 Å². The molecule has 1 aromatic heterocycles. The van der Waals surface area contributed by atoms with E-state index in [4.69, 9.17) is 10.00 Å². The van der Waals surface area contributed by atoms with Gasteiger partial charge in [-0.05, 0) is 61.5 Å². The summed E-state index contributed by atoms with van der Waals surface area (Å²) in [5, 5.41) is 15.6. The van der Waals surface area contributed by atoms with Crippen LogP contribution in [-0.2, 0) is 19.6 Å². The zero-order chi connectivity index (χ0) is 24.0. The summed E-state index contributed by atoms with van der Waals surface area (Å²) in [5.41, 5.74) is 1.64. The Morgan fingerprint density at radius 1 is 1.12 bits per heavy atom. The van der Waals surface area contributed by atoms with Crippen molar-refractivity contribution in [2.75, 3.05) is 25.5 Å². The van der Waals surface area contributed by atoms with Crippen LogP contribution < -0.4 is 5.32 Å². The van der Waals surface area contributed by atoms with E-state index >= 15 is 0 Å². The van der Waals surface area contributed by atoms with E-state index in [1.54, 1.807) is 37.4 Å². The summed E-state index contributed by atoms with van der Waals surface area (Å²) >= 11 is 0. The first kappa shape index (κ1) is 23.6. The van der Waals surface area contributed by atoms with Crippen molar-refractivity contribution >= 4 is 27.6 Å². The molecule has 0 aliphatic heterocycles. The van der Waals surface area contributed by atoms with Crippen molar-refractivity contribution in [1.29, 1.82) is 5.26 Å². The minimum atomic E-state index is -3.89. The number of likely N-dealkylation sites (N-methyl/N-ethyl adjacent to an activating group) is 1. The average Bonchev–Trinajstić information content (AvgIpc) is 3.30. The van der Waals surface area contributed by atoms with E-state index < -0.39 is 28.4 Å². The molecule has 0 saturated carbocycles. The van der Waals surface area contributed by atoms with Crippen LogP contribution in [0.5, 0.6) is 0 Å². The lowest BCUT2D eigenvalue weighted by atomic mass is 10.2. The van der Waals surface area contributed by atoms with Crippen LogP contribution in [0.4, 0.5) is 5.69 Å². The quantitative estimate of drug-likeness (QED) is 0.502. The molecular formula is C22H21N5O5S. The molecule has 2 aromatic carbocycles. The monoisotopic (exact) mass is 467 g/mol. The second-order valence-electron chi connectivity index (χ2n) is 6.86. The van der Waals surface area contributed by atoms with Crippen molar-refractivity contribution in [2.45, 2.75) is 11.8 Å². The summed E-state index contributed by atoms with van der Waals surface area (Å²) in [5.74, 6) is -1.04. The van der Waals surface area contributed by atoms with Gasteiger partial charge >= 0.3 is 5.97 Å². The number of nitriles is 1. The number of rotatable bonds is 8. The van der Waals surface area contributed by atoms with Crippen LogP contribution in [-0.4, -0.2) is 54.6 Å². The second-order valence-corrected chi connectivity index (χ2v) is 8.90. The number of nitrogens with zero attached hydrogens (tertiary/aromatic N) is 4. The topological polar surface area (TPSA) is 134 Å². The third-order valence-corrected chi connectivity index (χ3v) is 6.36. The summed E-state index contributed by atoms with van der Waals surface area (Å²) in [7, 11) is -2.59. The number of esters is 1. The van der Waals surface area contributed by atoms with E-state index in [0.29, 0.717) is 16.9 Å². The van der Waals surface area contributed by atoms with Gasteiger partial charge in [0, 0.05) is 18.9 Å². The average molecular weight is 468 g/mol. The van der Waals surface area contributed by atoms with Gasteiger partial charge in [-0.3, -0.25) is 4.79 Å². The van der Waals surface area contributed by atoms with Gasteiger partial charge in [-0.2, -0.15) is 14.7 Å². The zero-order valence-electron chi connectivity index (χ0n) is 17.9. The molecule has 0 bridgehead atoms. The fourth-order valence-electron chi connectivity index (χ4n) is 2.85. The maximum Gasteiger partial charge on any atom is 0.358 e. The molecule has 10 nitrogen and oxygen atoms in total. The van der Waals surface area contributed by atoms with Crippen LogP contribution in [0.15, 0.2) is 65.7 Å². The molecule has 3 aromatic rings. The molecule has 0 saturated heterocycles. The van der Waals surface area contributed by atoms with E-state index in [-0.39, 0.29) is 17.2 Å². The Morgan fingerprint density at radius 3 is 2.39 bits per heavy atom. The Kier molecular flexibility index (Phi) is 7.22. The fourth-order valence-corrected chi connectivity index (χ4v) is 3.98. The van der Waals surface area contributed by atoms with Crippen molar-refractivity contribution in [2.24, 2.45) is 0 Å². The Morgan fingerprint density at radius 2 is 1.79 bits per heavy atom. The van der Waals surface area contributed by atoms with Gasteiger partial charge in [0.25, 0.3) is 0 Å². The molecule has 1 heterocycles. The molecule has 0 spiro atoms. The fraction of sp³-hybridized carbons (Fsp3) is 0.182. The third-order valence-electron chi connectivity index (χ3n) is 4.55. The molecule has 0 atom stereocenters. The molecule has 33 heavy (non-hydrogen) atoms. The summed E-state index contributed by atoms with van der Waals surface area (Å²) in [6.07, 6.45) is 1.61. The standard InChI is InChI=1S/C22H21N5O5S/c1-3-32-22(29)20-12-13-27(25-20)18-8-6-17(7-9-18)24-21(28)15-26(2)33(30,31)19-10-4-16(14-23)5-11-19/h4-13H,3,15H2,1-2H3,(H,24,28). The largest absolute Gasteiger partial charge is 0.461 e. The minimum Gasteiger partial charge on any atom is -0.461 e. The highest BCUT2D eigenvalue weighted by molar-refractivity contribution is 7.89. The summed E-state index contributed by atoms with van der Waals surface area (Å²) in [6.45, 7) is 1.57. The van der Waals surface area contributed by atoms with E-state index in [2.05, 4.69) is 10.4 Å². The highest BCUT2D eigenvalue weighted by Crippen LogP contribution is 2.16. The lowest BCUT2D eigenvalue weighted by Crippen LogP contribution is -2.34. The van der Waals surface area contributed by atoms with E-state index in [1.165, 1.54) is 42.1 Å². The van der Waals surface area contributed by atoms with Crippen LogP contribution in [0.1, 0.15) is 23.0 Å². The summed E-state index contributed by atoms with van der Waals surface area (Å²) < 4.78 is 32.6. The first-order chi connectivity index (χ1) is 15.7. The number of carbonyl (C=O) groups is 2. The number of nitrogens with one attached hydrogen (secondary N) is 1. The van der Waals surface area contributed by atoms with Crippen LogP contribution in [0.2, 0.25) is 0 Å². The predicted octanol–water partition coefficient (Wildman–Crippen LogP) is 2.18. The number of aromatic nitrogens is 2. The van der Waals surface area contributed by atoms with Gasteiger partial charge < -0.3 is 10.1 Å². The van der Waals surface area contributed by atoms with Crippen LogP contribution in [0, 0.1) is 11.3 Å². The van der Waals surface area contributed by atoms with Crippen molar-refractivity contribution in [1.82, 2.24) is 14.1 Å². The van der Waals surface area contributed by atoms with E-state index in [9.17, 15) is 18.0 Å². The van der Waals surface area contributed by atoms with Gasteiger partial charge in [-0.25, -0.2) is 17.9 Å². The number of sulfonamides is 1. The van der Waals surface area contributed by atoms with Gasteiger partial charge in [-0.1, -0.05) is 0 Å². The molecule has 0 radical (unpaired) electrons. The number of amides is 1. The highest BCUT2D eigenvalue weighted by atomic mass is 32.2. The number of anilines is 1. The lowest BCUT2D eigenvalue weighted by Gasteiger charge is -2.17. The maximum atomic E-state index is 12.6. The summed E-state index contributed by atoms with van der Waals surface area (Å²) in [6, 6.07) is 15.6.